The van der Waals surface area contributed by atoms with Gasteiger partial charge in [-0.3, -0.25) is 9.69 Å². The van der Waals surface area contributed by atoms with Gasteiger partial charge in [0.25, 0.3) is 0 Å². The number of halogens is 2. The lowest BCUT2D eigenvalue weighted by atomic mass is 10.0. The van der Waals surface area contributed by atoms with Crippen LogP contribution in [0, 0.1) is 0 Å². The molecule has 5 nitrogen and oxygen atoms in total. The van der Waals surface area contributed by atoms with Crippen LogP contribution in [-0.4, -0.2) is 48.0 Å². The van der Waals surface area contributed by atoms with Gasteiger partial charge in [0.2, 0.25) is 5.91 Å². The van der Waals surface area contributed by atoms with Gasteiger partial charge in [-0.15, -0.1) is 0 Å². The predicted molar refractivity (Wildman–Crippen MR) is 86.0 cm³/mol. The van der Waals surface area contributed by atoms with Crippen molar-refractivity contribution in [2.45, 2.75) is 25.8 Å². The van der Waals surface area contributed by atoms with Crippen LogP contribution < -0.4 is 10.6 Å². The molecule has 21 heavy (non-hydrogen) atoms. The first-order valence-electron chi connectivity index (χ1n) is 7.15. The molecule has 0 aliphatic carbocycles. The van der Waals surface area contributed by atoms with E-state index in [2.05, 4.69) is 27.4 Å². The van der Waals surface area contributed by atoms with Crippen molar-refractivity contribution in [3.8, 4) is 0 Å². The van der Waals surface area contributed by atoms with E-state index < -0.39 is 0 Å². The highest BCUT2D eigenvalue weighted by molar-refractivity contribution is 6.36. The summed E-state index contributed by atoms with van der Waals surface area (Å²) in [7, 11) is 0. The molecule has 0 radical (unpaired) electrons. The van der Waals surface area contributed by atoms with Crippen LogP contribution in [0.25, 0.3) is 0 Å². The number of rotatable bonds is 5. The van der Waals surface area contributed by atoms with E-state index in [1.165, 1.54) is 6.20 Å². The van der Waals surface area contributed by atoms with E-state index in [4.69, 9.17) is 23.2 Å². The minimum Gasteiger partial charge on any atom is -0.317 e. The van der Waals surface area contributed by atoms with Crippen LogP contribution in [0.5, 0.6) is 0 Å². The second-order valence-corrected chi connectivity index (χ2v) is 5.92. The number of amides is 1. The molecular weight excluding hydrogens is 311 g/mol. The van der Waals surface area contributed by atoms with Crippen molar-refractivity contribution < 1.29 is 4.79 Å². The molecule has 1 aromatic rings. The van der Waals surface area contributed by atoms with Gasteiger partial charge < -0.3 is 10.6 Å². The van der Waals surface area contributed by atoms with Crippen LogP contribution in [0.3, 0.4) is 0 Å². The largest absolute Gasteiger partial charge is 0.317 e. The fourth-order valence-electron chi connectivity index (χ4n) is 2.53. The number of hydrogen-bond donors (Lipinski definition) is 2. The van der Waals surface area contributed by atoms with Crippen LogP contribution in [0.15, 0.2) is 12.3 Å². The molecule has 1 saturated heterocycles. The standard InChI is InChI=1S/C14H20Cl2N4O/c1-2-20(11-3-5-17-6-4-11)9-13(21)19-14-12(16)7-10(15)8-18-14/h7-8,11,17H,2-6,9H2,1H3,(H,18,19,21). The lowest BCUT2D eigenvalue weighted by molar-refractivity contribution is -0.118. The number of anilines is 1. The van der Waals surface area contributed by atoms with Crippen LogP contribution in [0.4, 0.5) is 5.82 Å². The number of pyridine rings is 1. The van der Waals surface area contributed by atoms with Gasteiger partial charge in [-0.05, 0) is 38.5 Å². The van der Waals surface area contributed by atoms with Gasteiger partial charge in [0.1, 0.15) is 0 Å². The maximum atomic E-state index is 12.2. The van der Waals surface area contributed by atoms with E-state index in [0.29, 0.717) is 28.4 Å². The fourth-order valence-corrected chi connectivity index (χ4v) is 2.96. The maximum absolute atomic E-state index is 12.2. The van der Waals surface area contributed by atoms with E-state index in [0.717, 1.165) is 32.5 Å². The van der Waals surface area contributed by atoms with Crippen molar-refractivity contribution in [1.82, 2.24) is 15.2 Å². The van der Waals surface area contributed by atoms with Gasteiger partial charge in [-0.2, -0.15) is 0 Å². The summed E-state index contributed by atoms with van der Waals surface area (Å²) in [6.45, 7) is 5.28. The molecule has 1 fully saturated rings. The molecule has 7 heteroatoms. The molecule has 1 aromatic heterocycles. The number of carbonyl (C=O) groups excluding carboxylic acids is 1. The van der Waals surface area contributed by atoms with E-state index in [-0.39, 0.29) is 5.91 Å². The van der Waals surface area contributed by atoms with Crippen molar-refractivity contribution in [3.05, 3.63) is 22.3 Å². The number of hydrogen-bond acceptors (Lipinski definition) is 4. The molecule has 0 atom stereocenters. The summed E-state index contributed by atoms with van der Waals surface area (Å²) in [6, 6.07) is 2.02. The quantitative estimate of drug-likeness (QED) is 0.870. The molecule has 1 amide bonds. The van der Waals surface area contributed by atoms with E-state index in [1.807, 2.05) is 0 Å². The molecule has 0 aromatic carbocycles. The van der Waals surface area contributed by atoms with E-state index in [9.17, 15) is 4.79 Å². The number of likely N-dealkylation sites (N-methyl/N-ethyl adjacent to an activating group) is 1. The van der Waals surface area contributed by atoms with Crippen LogP contribution >= 0.6 is 23.2 Å². The SMILES string of the molecule is CCN(CC(=O)Nc1ncc(Cl)cc1Cl)C1CCNCC1. The Morgan fingerprint density at radius 3 is 2.81 bits per heavy atom. The average Bonchev–Trinajstić information content (AvgIpc) is 2.48. The highest BCUT2D eigenvalue weighted by Crippen LogP contribution is 2.22. The van der Waals surface area contributed by atoms with E-state index in [1.54, 1.807) is 6.07 Å². The fraction of sp³-hybridized carbons (Fsp3) is 0.571. The predicted octanol–water partition coefficient (Wildman–Crippen LogP) is 2.40. The van der Waals surface area contributed by atoms with Gasteiger partial charge in [-0.25, -0.2) is 4.98 Å². The summed E-state index contributed by atoms with van der Waals surface area (Å²) >= 11 is 11.8. The second kappa shape index (κ2) is 7.94. The van der Waals surface area contributed by atoms with Crippen molar-refractivity contribution in [1.29, 1.82) is 0 Å². The Morgan fingerprint density at radius 1 is 1.48 bits per heavy atom. The first-order valence-corrected chi connectivity index (χ1v) is 7.91. The molecule has 2 N–H and O–H groups in total. The Bertz CT molecular complexity index is 492. The molecule has 1 aliphatic rings. The third-order valence-corrected chi connectivity index (χ3v) is 4.14. The molecule has 1 aliphatic heterocycles. The van der Waals surface area contributed by atoms with Crippen LogP contribution in [0.1, 0.15) is 19.8 Å². The lowest BCUT2D eigenvalue weighted by Crippen LogP contribution is -2.46. The zero-order valence-electron chi connectivity index (χ0n) is 12.0. The number of piperidine rings is 1. The molecule has 0 unspecified atom stereocenters. The zero-order valence-corrected chi connectivity index (χ0v) is 13.5. The third-order valence-electron chi connectivity index (χ3n) is 3.64. The Balaban J connectivity index is 1.92. The zero-order chi connectivity index (χ0) is 15.2. The molecular formula is C14H20Cl2N4O. The maximum Gasteiger partial charge on any atom is 0.239 e. The Hall–Kier alpha value is -0.880. The van der Waals surface area contributed by atoms with Gasteiger partial charge in [0.05, 0.1) is 16.6 Å². The van der Waals surface area contributed by atoms with Gasteiger partial charge in [0, 0.05) is 12.2 Å². The lowest BCUT2D eigenvalue weighted by Gasteiger charge is -2.33. The monoisotopic (exact) mass is 330 g/mol. The molecule has 0 bridgehead atoms. The van der Waals surface area contributed by atoms with Gasteiger partial charge in [0.15, 0.2) is 5.82 Å². The topological polar surface area (TPSA) is 57.3 Å². The molecule has 116 valence electrons. The number of carbonyl (C=O) groups is 1. The van der Waals surface area contributed by atoms with Crippen molar-refractivity contribution in [3.63, 3.8) is 0 Å². The minimum absolute atomic E-state index is 0.105. The number of nitrogens with one attached hydrogen (secondary N) is 2. The molecule has 0 saturated carbocycles. The summed E-state index contributed by atoms with van der Waals surface area (Å²) in [5.74, 6) is 0.250. The van der Waals surface area contributed by atoms with Crippen molar-refractivity contribution in [2.24, 2.45) is 0 Å². The molecule has 2 heterocycles. The van der Waals surface area contributed by atoms with Crippen LogP contribution in [-0.2, 0) is 4.79 Å². The minimum atomic E-state index is -0.105. The summed E-state index contributed by atoms with van der Waals surface area (Å²) in [6.07, 6.45) is 3.61. The summed E-state index contributed by atoms with van der Waals surface area (Å²) in [4.78, 5) is 18.4. The summed E-state index contributed by atoms with van der Waals surface area (Å²) in [5.41, 5.74) is 0. The summed E-state index contributed by atoms with van der Waals surface area (Å²) < 4.78 is 0. The molecule has 2 rings (SSSR count). The normalized spacial score (nSPS) is 16.2. The van der Waals surface area contributed by atoms with Gasteiger partial charge >= 0.3 is 0 Å². The number of nitrogens with zero attached hydrogens (tertiary/aromatic N) is 2. The highest BCUT2D eigenvalue weighted by Gasteiger charge is 2.22. The van der Waals surface area contributed by atoms with Crippen LogP contribution in [0.2, 0.25) is 10.0 Å². The third kappa shape index (κ3) is 4.81. The first-order chi connectivity index (χ1) is 10.1. The smallest absolute Gasteiger partial charge is 0.239 e. The second-order valence-electron chi connectivity index (χ2n) is 5.08. The molecule has 0 spiro atoms. The van der Waals surface area contributed by atoms with Crippen molar-refractivity contribution in [2.75, 3.05) is 31.5 Å². The summed E-state index contributed by atoms with van der Waals surface area (Å²) in [5, 5.41) is 6.87. The van der Waals surface area contributed by atoms with E-state index >= 15 is 0 Å². The van der Waals surface area contributed by atoms with Gasteiger partial charge in [-0.1, -0.05) is 30.1 Å². The Morgan fingerprint density at radius 2 is 2.19 bits per heavy atom. The number of aromatic nitrogens is 1. The van der Waals surface area contributed by atoms with Crippen molar-refractivity contribution >= 4 is 34.9 Å². The Labute approximate surface area is 135 Å². The average molecular weight is 331 g/mol. The Kier molecular flexibility index (Phi) is 6.23. The first kappa shape index (κ1) is 16.5. The highest BCUT2D eigenvalue weighted by atomic mass is 35.5.